The molecule has 5 rings (SSSR count). The summed E-state index contributed by atoms with van der Waals surface area (Å²) in [6, 6.07) is 19.6. The van der Waals surface area contributed by atoms with Crippen molar-refractivity contribution in [3.05, 3.63) is 85.2 Å². The predicted octanol–water partition coefficient (Wildman–Crippen LogP) is 4.40. The Kier molecular flexibility index (Phi) is 4.49. The van der Waals surface area contributed by atoms with Crippen LogP contribution in [-0.2, 0) is 0 Å². The zero-order chi connectivity index (χ0) is 20.3. The van der Waals surface area contributed by atoms with Crippen molar-refractivity contribution in [2.45, 2.75) is 6.92 Å². The standard InChI is InChI=1S/C22H18N8/c1-15-25-14-30(29-15)17-9-7-16(8-10-17)26-22-24-13-11-21(28-22)27-20-6-2-5-19-18(20)4-3-12-23-19/h2-14H,1H3,(H2,24,26,27,28). The van der Waals surface area contributed by atoms with Crippen LogP contribution >= 0.6 is 0 Å². The Morgan fingerprint density at radius 2 is 1.70 bits per heavy atom. The summed E-state index contributed by atoms with van der Waals surface area (Å²) < 4.78 is 1.74. The van der Waals surface area contributed by atoms with Crippen LogP contribution in [0.2, 0.25) is 0 Å². The van der Waals surface area contributed by atoms with E-state index in [1.165, 1.54) is 0 Å². The number of anilines is 4. The second-order valence-electron chi connectivity index (χ2n) is 6.67. The number of hydrogen-bond acceptors (Lipinski definition) is 7. The molecular weight excluding hydrogens is 376 g/mol. The maximum atomic E-state index is 4.57. The molecule has 0 atom stereocenters. The third-order valence-electron chi connectivity index (χ3n) is 4.56. The monoisotopic (exact) mass is 394 g/mol. The number of benzene rings is 2. The fraction of sp³-hybridized carbons (Fsp3) is 0.0455. The summed E-state index contributed by atoms with van der Waals surface area (Å²) in [5, 5.41) is 11.9. The van der Waals surface area contributed by atoms with Crippen LogP contribution < -0.4 is 10.6 Å². The minimum absolute atomic E-state index is 0.503. The second-order valence-corrected chi connectivity index (χ2v) is 6.67. The molecule has 0 aliphatic carbocycles. The van der Waals surface area contributed by atoms with E-state index in [2.05, 4.69) is 35.7 Å². The van der Waals surface area contributed by atoms with Gasteiger partial charge in [0.2, 0.25) is 5.95 Å². The maximum absolute atomic E-state index is 4.57. The molecule has 5 aromatic rings. The maximum Gasteiger partial charge on any atom is 0.229 e. The van der Waals surface area contributed by atoms with Crippen LogP contribution in [0.4, 0.5) is 23.1 Å². The van der Waals surface area contributed by atoms with Gasteiger partial charge < -0.3 is 10.6 Å². The minimum Gasteiger partial charge on any atom is -0.340 e. The number of aromatic nitrogens is 6. The van der Waals surface area contributed by atoms with Crippen molar-refractivity contribution in [1.82, 2.24) is 29.7 Å². The fourth-order valence-corrected chi connectivity index (χ4v) is 3.14. The third kappa shape index (κ3) is 3.66. The number of fused-ring (bicyclic) bond motifs is 1. The molecule has 0 amide bonds. The molecule has 0 spiro atoms. The van der Waals surface area contributed by atoms with Crippen molar-refractivity contribution in [1.29, 1.82) is 0 Å². The van der Waals surface area contributed by atoms with Crippen LogP contribution in [0.3, 0.4) is 0 Å². The number of nitrogens with zero attached hydrogens (tertiary/aromatic N) is 6. The molecule has 0 radical (unpaired) electrons. The smallest absolute Gasteiger partial charge is 0.229 e. The Morgan fingerprint density at radius 3 is 2.53 bits per heavy atom. The lowest BCUT2D eigenvalue weighted by Crippen LogP contribution is -2.01. The van der Waals surface area contributed by atoms with Crippen LogP contribution in [0, 0.1) is 6.92 Å². The lowest BCUT2D eigenvalue weighted by atomic mass is 10.2. The van der Waals surface area contributed by atoms with Crippen LogP contribution in [-0.4, -0.2) is 29.7 Å². The van der Waals surface area contributed by atoms with Gasteiger partial charge in [-0.05, 0) is 61.5 Å². The first-order valence-corrected chi connectivity index (χ1v) is 9.44. The van der Waals surface area contributed by atoms with Crippen LogP contribution in [0.15, 0.2) is 79.4 Å². The van der Waals surface area contributed by atoms with E-state index in [1.807, 2.05) is 67.6 Å². The Morgan fingerprint density at radius 1 is 0.800 bits per heavy atom. The molecule has 0 bridgehead atoms. The molecule has 2 aromatic carbocycles. The molecule has 0 saturated carbocycles. The highest BCUT2D eigenvalue weighted by molar-refractivity contribution is 5.92. The van der Waals surface area contributed by atoms with Gasteiger partial charge in [0.1, 0.15) is 18.0 Å². The molecule has 8 nitrogen and oxygen atoms in total. The van der Waals surface area contributed by atoms with Crippen molar-refractivity contribution < 1.29 is 0 Å². The summed E-state index contributed by atoms with van der Waals surface area (Å²) in [5.74, 6) is 1.93. The van der Waals surface area contributed by atoms with E-state index in [1.54, 1.807) is 23.4 Å². The van der Waals surface area contributed by atoms with Crippen LogP contribution in [0.1, 0.15) is 5.82 Å². The summed E-state index contributed by atoms with van der Waals surface area (Å²) in [4.78, 5) is 17.4. The van der Waals surface area contributed by atoms with Crippen molar-refractivity contribution in [3.8, 4) is 5.69 Å². The largest absolute Gasteiger partial charge is 0.340 e. The van der Waals surface area contributed by atoms with Crippen LogP contribution in [0.5, 0.6) is 0 Å². The molecule has 0 unspecified atom stereocenters. The number of pyridine rings is 1. The van der Waals surface area contributed by atoms with Gasteiger partial charge in [0, 0.05) is 29.2 Å². The third-order valence-corrected chi connectivity index (χ3v) is 4.56. The average Bonchev–Trinajstić information content (AvgIpc) is 3.21. The summed E-state index contributed by atoms with van der Waals surface area (Å²) in [7, 11) is 0. The first-order valence-electron chi connectivity index (χ1n) is 9.44. The number of nitrogens with one attached hydrogen (secondary N) is 2. The van der Waals surface area contributed by atoms with E-state index < -0.39 is 0 Å². The van der Waals surface area contributed by atoms with Crippen molar-refractivity contribution in [2.24, 2.45) is 0 Å². The molecule has 0 fully saturated rings. The lowest BCUT2D eigenvalue weighted by Gasteiger charge is -2.10. The SMILES string of the molecule is Cc1ncn(-c2ccc(Nc3nccc(Nc4cccc5ncccc45)n3)cc2)n1. The zero-order valence-electron chi connectivity index (χ0n) is 16.2. The average molecular weight is 394 g/mol. The Balaban J connectivity index is 1.35. The molecule has 0 aliphatic heterocycles. The van der Waals surface area contributed by atoms with E-state index in [9.17, 15) is 0 Å². The predicted molar refractivity (Wildman–Crippen MR) is 116 cm³/mol. The van der Waals surface area contributed by atoms with Gasteiger partial charge in [-0.25, -0.2) is 14.6 Å². The van der Waals surface area contributed by atoms with Gasteiger partial charge in [-0.2, -0.15) is 10.1 Å². The summed E-state index contributed by atoms with van der Waals surface area (Å²) in [5.41, 5.74) is 3.68. The quantitative estimate of drug-likeness (QED) is 0.456. The zero-order valence-corrected chi connectivity index (χ0v) is 16.2. The Labute approximate surface area is 172 Å². The highest BCUT2D eigenvalue weighted by atomic mass is 15.3. The molecular formula is C22H18N8. The Bertz CT molecular complexity index is 1310. The Hall–Kier alpha value is -4.33. The molecule has 146 valence electrons. The molecule has 8 heteroatoms. The molecule has 30 heavy (non-hydrogen) atoms. The van der Waals surface area contributed by atoms with Gasteiger partial charge >= 0.3 is 0 Å². The molecule has 2 N–H and O–H groups in total. The first-order chi connectivity index (χ1) is 14.7. The van der Waals surface area contributed by atoms with Gasteiger partial charge in [-0.15, -0.1) is 0 Å². The highest BCUT2D eigenvalue weighted by Crippen LogP contribution is 2.25. The number of rotatable bonds is 5. The second kappa shape index (κ2) is 7.59. The van der Waals surface area contributed by atoms with E-state index in [0.29, 0.717) is 11.8 Å². The summed E-state index contributed by atoms with van der Waals surface area (Å²) in [6.07, 6.45) is 5.20. The van der Waals surface area contributed by atoms with Gasteiger partial charge in [0.05, 0.1) is 11.2 Å². The first kappa shape index (κ1) is 17.7. The molecule has 0 aliphatic rings. The van der Waals surface area contributed by atoms with E-state index in [0.717, 1.165) is 33.8 Å². The van der Waals surface area contributed by atoms with Crippen molar-refractivity contribution in [2.75, 3.05) is 10.6 Å². The summed E-state index contributed by atoms with van der Waals surface area (Å²) >= 11 is 0. The normalized spacial score (nSPS) is 10.8. The van der Waals surface area contributed by atoms with Gasteiger partial charge in [0.15, 0.2) is 0 Å². The molecule has 3 heterocycles. The lowest BCUT2D eigenvalue weighted by molar-refractivity contribution is 0.863. The molecule has 0 saturated heterocycles. The van der Waals surface area contributed by atoms with E-state index >= 15 is 0 Å². The van der Waals surface area contributed by atoms with Gasteiger partial charge in [-0.1, -0.05) is 6.07 Å². The van der Waals surface area contributed by atoms with Crippen LogP contribution in [0.25, 0.3) is 16.6 Å². The topological polar surface area (TPSA) is 93.4 Å². The van der Waals surface area contributed by atoms with E-state index in [-0.39, 0.29) is 0 Å². The number of aryl methyl sites for hydroxylation is 1. The van der Waals surface area contributed by atoms with Gasteiger partial charge in [-0.3, -0.25) is 4.98 Å². The summed E-state index contributed by atoms with van der Waals surface area (Å²) in [6.45, 7) is 1.86. The van der Waals surface area contributed by atoms with E-state index in [4.69, 9.17) is 0 Å². The van der Waals surface area contributed by atoms with Gasteiger partial charge in [0.25, 0.3) is 0 Å². The fourth-order valence-electron chi connectivity index (χ4n) is 3.14. The number of hydrogen-bond donors (Lipinski definition) is 2. The molecule has 3 aromatic heterocycles. The van der Waals surface area contributed by atoms with Crippen molar-refractivity contribution >= 4 is 34.0 Å². The highest BCUT2D eigenvalue weighted by Gasteiger charge is 2.05. The minimum atomic E-state index is 0.503. The van der Waals surface area contributed by atoms with Crippen molar-refractivity contribution in [3.63, 3.8) is 0 Å².